The molecule has 0 bridgehead atoms. The van der Waals surface area contributed by atoms with E-state index in [0.717, 1.165) is 48.5 Å². The van der Waals surface area contributed by atoms with E-state index in [2.05, 4.69) is 42.2 Å². The van der Waals surface area contributed by atoms with Gasteiger partial charge in [0.15, 0.2) is 0 Å². The Morgan fingerprint density at radius 3 is 2.50 bits per heavy atom. The van der Waals surface area contributed by atoms with Crippen LogP contribution in [0.4, 0.5) is 0 Å². The van der Waals surface area contributed by atoms with E-state index >= 15 is 0 Å². The average Bonchev–Trinajstić information content (AvgIpc) is 3.03. The van der Waals surface area contributed by atoms with Crippen molar-refractivity contribution in [1.29, 1.82) is 0 Å². The molecule has 0 aliphatic carbocycles. The molecule has 24 heavy (non-hydrogen) atoms. The van der Waals surface area contributed by atoms with Gasteiger partial charge in [0.2, 0.25) is 0 Å². The Kier molecular flexibility index (Phi) is 5.88. The first kappa shape index (κ1) is 17.0. The first-order valence-electron chi connectivity index (χ1n) is 8.41. The van der Waals surface area contributed by atoms with Gasteiger partial charge in [-0.3, -0.25) is 0 Å². The van der Waals surface area contributed by atoms with E-state index in [-0.39, 0.29) is 0 Å². The Morgan fingerprint density at radius 2 is 1.79 bits per heavy atom. The molecule has 0 radical (unpaired) electrons. The summed E-state index contributed by atoms with van der Waals surface area (Å²) in [5.74, 6) is 1.03. The van der Waals surface area contributed by atoms with E-state index in [0.29, 0.717) is 0 Å². The second kappa shape index (κ2) is 8.31. The van der Waals surface area contributed by atoms with Crippen molar-refractivity contribution in [2.24, 2.45) is 0 Å². The molecule has 1 aromatic heterocycles. The van der Waals surface area contributed by atoms with Crippen molar-refractivity contribution in [3.05, 3.63) is 48.0 Å². The number of ether oxygens (including phenoxy) is 1. The topological polar surface area (TPSA) is 39.9 Å². The maximum Gasteiger partial charge on any atom is 0.113 e. The van der Waals surface area contributed by atoms with E-state index < -0.39 is 0 Å². The number of thioether (sulfide) groups is 1. The van der Waals surface area contributed by atoms with Crippen LogP contribution in [0.25, 0.3) is 16.7 Å². The van der Waals surface area contributed by atoms with Gasteiger partial charge in [-0.25, -0.2) is 0 Å². The van der Waals surface area contributed by atoms with Crippen LogP contribution in [-0.4, -0.2) is 34.0 Å². The smallest absolute Gasteiger partial charge is 0.113 e. The van der Waals surface area contributed by atoms with E-state index in [9.17, 15) is 0 Å². The summed E-state index contributed by atoms with van der Waals surface area (Å²) in [5, 5.41) is 9.24. The number of fused-ring (bicyclic) bond motifs is 1. The standard InChI is InChI=1S/C19H23N3OS/c1-3-11-23-12-6-13-24-19-10-9-15(2)14-18(19)22-20-16-7-4-5-8-17(16)21-22/h4-5,7-10,14H,3,6,11-13H2,1-2H3. The predicted molar refractivity (Wildman–Crippen MR) is 100 cm³/mol. The van der Waals surface area contributed by atoms with Crippen LogP contribution in [-0.2, 0) is 4.74 Å². The fraction of sp³-hybridized carbons (Fsp3) is 0.368. The molecule has 0 N–H and O–H groups in total. The minimum atomic E-state index is 0.825. The monoisotopic (exact) mass is 341 g/mol. The van der Waals surface area contributed by atoms with Gasteiger partial charge in [-0.1, -0.05) is 25.1 Å². The maximum absolute atomic E-state index is 5.55. The van der Waals surface area contributed by atoms with Crippen LogP contribution in [0.3, 0.4) is 0 Å². The van der Waals surface area contributed by atoms with Crippen molar-refractivity contribution >= 4 is 22.8 Å². The number of hydrogen-bond donors (Lipinski definition) is 0. The molecular formula is C19H23N3OS. The van der Waals surface area contributed by atoms with Crippen LogP contribution >= 0.6 is 11.8 Å². The van der Waals surface area contributed by atoms with Crippen molar-refractivity contribution < 1.29 is 4.74 Å². The highest BCUT2D eigenvalue weighted by Gasteiger charge is 2.10. The summed E-state index contributed by atoms with van der Waals surface area (Å²) in [6.45, 7) is 5.91. The zero-order chi connectivity index (χ0) is 16.8. The first-order valence-corrected chi connectivity index (χ1v) is 9.40. The van der Waals surface area contributed by atoms with E-state index in [1.807, 2.05) is 36.0 Å². The summed E-state index contributed by atoms with van der Waals surface area (Å²) >= 11 is 1.84. The van der Waals surface area contributed by atoms with Crippen LogP contribution < -0.4 is 0 Å². The Balaban J connectivity index is 1.75. The largest absolute Gasteiger partial charge is 0.381 e. The van der Waals surface area contributed by atoms with Gasteiger partial charge in [0, 0.05) is 23.9 Å². The summed E-state index contributed by atoms with van der Waals surface area (Å²) in [5.41, 5.74) is 4.10. The second-order valence-corrected chi connectivity index (χ2v) is 6.90. The molecule has 0 saturated heterocycles. The number of nitrogens with zero attached hydrogens (tertiary/aromatic N) is 3. The molecular weight excluding hydrogens is 318 g/mol. The van der Waals surface area contributed by atoms with Crippen molar-refractivity contribution in [1.82, 2.24) is 15.0 Å². The second-order valence-electron chi connectivity index (χ2n) is 5.76. The predicted octanol–water partition coefficient (Wildman–Crippen LogP) is 4.64. The molecule has 1 heterocycles. The van der Waals surface area contributed by atoms with E-state index in [1.54, 1.807) is 4.80 Å². The fourth-order valence-electron chi connectivity index (χ4n) is 2.46. The van der Waals surface area contributed by atoms with Crippen molar-refractivity contribution in [2.45, 2.75) is 31.6 Å². The lowest BCUT2D eigenvalue weighted by atomic mass is 10.2. The summed E-state index contributed by atoms with van der Waals surface area (Å²) in [6.07, 6.45) is 2.13. The molecule has 0 saturated carbocycles. The molecule has 0 atom stereocenters. The first-order chi connectivity index (χ1) is 11.8. The normalized spacial score (nSPS) is 11.2. The molecule has 0 spiro atoms. The molecule has 3 rings (SSSR count). The SMILES string of the molecule is CCCOCCCSc1ccc(C)cc1-n1nc2ccccc2n1. The van der Waals surface area contributed by atoms with Crippen LogP contribution in [0.1, 0.15) is 25.3 Å². The molecule has 0 fully saturated rings. The van der Waals surface area contributed by atoms with Crippen LogP contribution in [0.5, 0.6) is 0 Å². The third-order valence-electron chi connectivity index (χ3n) is 3.66. The highest BCUT2D eigenvalue weighted by Crippen LogP contribution is 2.27. The zero-order valence-corrected chi connectivity index (χ0v) is 15.1. The third kappa shape index (κ3) is 4.16. The van der Waals surface area contributed by atoms with Gasteiger partial charge in [0.1, 0.15) is 11.0 Å². The van der Waals surface area contributed by atoms with Gasteiger partial charge in [-0.15, -0.1) is 26.8 Å². The number of rotatable bonds is 8. The van der Waals surface area contributed by atoms with Crippen molar-refractivity contribution in [3.63, 3.8) is 0 Å². The van der Waals surface area contributed by atoms with Gasteiger partial charge >= 0.3 is 0 Å². The summed E-state index contributed by atoms with van der Waals surface area (Å²) < 4.78 is 5.55. The summed E-state index contributed by atoms with van der Waals surface area (Å²) in [6, 6.07) is 14.4. The van der Waals surface area contributed by atoms with Crippen LogP contribution in [0, 0.1) is 6.92 Å². The van der Waals surface area contributed by atoms with E-state index in [4.69, 9.17) is 4.74 Å². The Morgan fingerprint density at radius 1 is 1.04 bits per heavy atom. The van der Waals surface area contributed by atoms with Crippen LogP contribution in [0.15, 0.2) is 47.4 Å². The van der Waals surface area contributed by atoms with Gasteiger partial charge in [-0.2, -0.15) is 0 Å². The highest BCUT2D eigenvalue weighted by atomic mass is 32.2. The average molecular weight is 341 g/mol. The van der Waals surface area contributed by atoms with E-state index in [1.165, 1.54) is 10.5 Å². The molecule has 3 aromatic rings. The number of aromatic nitrogens is 3. The lowest BCUT2D eigenvalue weighted by Crippen LogP contribution is -2.02. The zero-order valence-electron chi connectivity index (χ0n) is 14.2. The minimum absolute atomic E-state index is 0.825. The quantitative estimate of drug-likeness (QED) is 0.442. The Hall–Kier alpha value is -1.85. The molecule has 4 nitrogen and oxygen atoms in total. The maximum atomic E-state index is 5.55. The summed E-state index contributed by atoms with van der Waals surface area (Å²) in [7, 11) is 0. The number of benzene rings is 2. The van der Waals surface area contributed by atoms with Gasteiger partial charge in [-0.05, 0) is 49.6 Å². The molecule has 0 unspecified atom stereocenters. The van der Waals surface area contributed by atoms with Gasteiger partial charge < -0.3 is 4.74 Å². The fourth-order valence-corrected chi connectivity index (χ4v) is 3.40. The lowest BCUT2D eigenvalue weighted by Gasteiger charge is -2.09. The number of aryl methyl sites for hydroxylation is 1. The molecule has 126 valence electrons. The summed E-state index contributed by atoms with van der Waals surface area (Å²) in [4.78, 5) is 2.96. The highest BCUT2D eigenvalue weighted by molar-refractivity contribution is 7.99. The van der Waals surface area contributed by atoms with Crippen molar-refractivity contribution in [2.75, 3.05) is 19.0 Å². The molecule has 2 aromatic carbocycles. The molecule has 0 aliphatic rings. The minimum Gasteiger partial charge on any atom is -0.381 e. The third-order valence-corrected chi connectivity index (χ3v) is 4.80. The Bertz CT molecular complexity index is 767. The number of hydrogen-bond acceptors (Lipinski definition) is 4. The molecule has 5 heteroatoms. The van der Waals surface area contributed by atoms with Gasteiger partial charge in [0.05, 0.1) is 5.69 Å². The lowest BCUT2D eigenvalue weighted by molar-refractivity contribution is 0.136. The molecule has 0 aliphatic heterocycles. The molecule has 0 amide bonds. The van der Waals surface area contributed by atoms with Gasteiger partial charge in [0.25, 0.3) is 0 Å². The van der Waals surface area contributed by atoms with Crippen molar-refractivity contribution in [3.8, 4) is 5.69 Å². The van der Waals surface area contributed by atoms with Crippen LogP contribution in [0.2, 0.25) is 0 Å². The Labute approximate surface area is 147 Å².